The molecule has 0 aliphatic carbocycles. The van der Waals surface area contributed by atoms with E-state index in [4.69, 9.17) is 47.4 Å². The van der Waals surface area contributed by atoms with Crippen molar-refractivity contribution in [2.24, 2.45) is 4.99 Å². The Morgan fingerprint density at radius 2 is 0.729 bits per heavy atom. The number of aliphatic hydroxyl groups excluding tert-OH is 11. The summed E-state index contributed by atoms with van der Waals surface area (Å²) in [7, 11) is 0. The van der Waals surface area contributed by atoms with Crippen molar-refractivity contribution in [3.05, 3.63) is 0 Å². The van der Waals surface area contributed by atoms with E-state index in [0.29, 0.717) is 0 Å². The van der Waals surface area contributed by atoms with E-state index in [2.05, 4.69) is 26.3 Å². The number of carbonyl (C=O) groups excluding carboxylic acids is 4. The highest BCUT2D eigenvalue weighted by Gasteiger charge is 2.58. The van der Waals surface area contributed by atoms with Crippen molar-refractivity contribution in [1.29, 1.82) is 0 Å². The molecule has 0 aromatic carbocycles. The number of nitrogens with zero attached hydrogens (tertiary/aromatic N) is 1. The molecule has 0 aromatic heterocycles. The molecule has 0 bridgehead atoms. The maximum absolute atomic E-state index is 12.7. The van der Waals surface area contributed by atoms with Gasteiger partial charge in [-0.05, 0) is 0 Å². The van der Waals surface area contributed by atoms with Crippen LogP contribution in [0.4, 0.5) is 0 Å². The van der Waals surface area contributed by atoms with Gasteiger partial charge >= 0.3 is 0 Å². The fourth-order valence-electron chi connectivity index (χ4n) is 9.29. The molecule has 6 rings (SSSR count). The van der Waals surface area contributed by atoms with Gasteiger partial charge in [-0.2, -0.15) is 0 Å². The van der Waals surface area contributed by atoms with Gasteiger partial charge in [0, 0.05) is 34.6 Å². The minimum Gasteiger partial charge on any atom is -0.450 e. The summed E-state index contributed by atoms with van der Waals surface area (Å²) in [6.45, 7) is 1.50. The van der Waals surface area contributed by atoms with Gasteiger partial charge in [0.15, 0.2) is 31.1 Å². The second kappa shape index (κ2) is 24.1. The van der Waals surface area contributed by atoms with E-state index < -0.39 is 210 Å². The first-order valence-electron chi connectivity index (χ1n) is 22.5. The first kappa shape index (κ1) is 55.9. The van der Waals surface area contributed by atoms with E-state index in [-0.39, 0.29) is 5.90 Å². The lowest BCUT2D eigenvalue weighted by atomic mass is 9.93. The number of hydrogen-bond acceptors (Lipinski definition) is 26. The van der Waals surface area contributed by atoms with Gasteiger partial charge in [-0.15, -0.1) is 0 Å². The number of nitrogens with one attached hydrogen (secondary N) is 4. The molecule has 25 atom stereocenters. The van der Waals surface area contributed by atoms with Crippen LogP contribution in [0.1, 0.15) is 34.6 Å². The molecule has 30 nitrogen and oxygen atoms in total. The SMILES string of the molecule is CC(=O)NC1[C@H](O[C@H]2C(CO)O[C@@H](O[C@H]3C(CO)O[C@@H](O[C@H]4C(CO)O[C@@H](O[C@H]5C(CO)O[C@H]6OC(C)=NC6[C@H]5O)C(NC(C)=O)[C@H]4O)C(NC(C)=O)[C@H]3O)C(NC(C)=O)[C@H]2O)OC(CO)[C@H](O)[C@@H]1O. The summed E-state index contributed by atoms with van der Waals surface area (Å²) in [5, 5.41) is 130. The third-order valence-electron chi connectivity index (χ3n) is 12.5. The van der Waals surface area contributed by atoms with Crippen molar-refractivity contribution in [3.8, 4) is 0 Å². The lowest BCUT2D eigenvalue weighted by molar-refractivity contribution is -0.366. The van der Waals surface area contributed by atoms with Gasteiger partial charge in [-0.25, -0.2) is 4.99 Å². The van der Waals surface area contributed by atoms with Crippen LogP contribution in [0, 0.1) is 0 Å². The molecule has 6 aliphatic rings. The second-order valence-corrected chi connectivity index (χ2v) is 17.6. The van der Waals surface area contributed by atoms with E-state index in [1.807, 2.05) is 0 Å². The highest BCUT2D eigenvalue weighted by atomic mass is 16.8. The molecule has 0 spiro atoms. The molecule has 10 unspecified atom stereocenters. The number of carbonyl (C=O) groups is 4. The lowest BCUT2D eigenvalue weighted by Crippen LogP contribution is -2.72. The van der Waals surface area contributed by atoms with Crippen LogP contribution in [0.15, 0.2) is 4.99 Å². The molecule has 5 fully saturated rings. The molecule has 0 radical (unpaired) electrons. The maximum Gasteiger partial charge on any atom is 0.227 e. The monoisotopic (exact) mass is 1020 g/mol. The predicted molar refractivity (Wildman–Crippen MR) is 223 cm³/mol. The number of amides is 4. The normalized spacial score (nSPS) is 45.1. The molecule has 6 aliphatic heterocycles. The largest absolute Gasteiger partial charge is 0.450 e. The van der Waals surface area contributed by atoms with Crippen molar-refractivity contribution in [2.75, 3.05) is 33.0 Å². The molecule has 400 valence electrons. The summed E-state index contributed by atoms with van der Waals surface area (Å²) >= 11 is 0. The molecular formula is C40H65N5O25. The third kappa shape index (κ3) is 12.1. The van der Waals surface area contributed by atoms with Crippen LogP contribution in [0.5, 0.6) is 0 Å². The van der Waals surface area contributed by atoms with Crippen molar-refractivity contribution in [1.82, 2.24) is 21.3 Å². The van der Waals surface area contributed by atoms with Gasteiger partial charge in [-0.3, -0.25) is 19.2 Å². The topological polar surface area (TPSA) is 444 Å². The average molecular weight is 1020 g/mol. The molecular weight excluding hydrogens is 950 g/mol. The maximum atomic E-state index is 12.7. The highest BCUT2D eigenvalue weighted by Crippen LogP contribution is 2.37. The first-order chi connectivity index (χ1) is 33.2. The number of fused-ring (bicyclic) bond motifs is 1. The molecule has 0 saturated carbocycles. The lowest BCUT2D eigenvalue weighted by Gasteiger charge is -2.51. The van der Waals surface area contributed by atoms with Gasteiger partial charge in [-0.1, -0.05) is 0 Å². The second-order valence-electron chi connectivity index (χ2n) is 17.6. The van der Waals surface area contributed by atoms with Crippen LogP contribution >= 0.6 is 0 Å². The van der Waals surface area contributed by atoms with Crippen LogP contribution in [0.2, 0.25) is 0 Å². The van der Waals surface area contributed by atoms with Crippen molar-refractivity contribution in [3.63, 3.8) is 0 Å². The van der Waals surface area contributed by atoms with Crippen LogP contribution < -0.4 is 21.3 Å². The summed E-state index contributed by atoms with van der Waals surface area (Å²) in [4.78, 5) is 54.0. The van der Waals surface area contributed by atoms with E-state index >= 15 is 0 Å². The Morgan fingerprint density at radius 3 is 1.04 bits per heavy atom. The minimum absolute atomic E-state index is 0.195. The fraction of sp³-hybridized carbons (Fsp3) is 0.875. The number of aliphatic hydroxyl groups is 11. The van der Waals surface area contributed by atoms with Crippen LogP contribution in [0.3, 0.4) is 0 Å². The number of aliphatic imine (C=N–C) groups is 1. The Hall–Kier alpha value is -3.45. The zero-order chi connectivity index (χ0) is 51.5. The van der Waals surface area contributed by atoms with Crippen LogP contribution in [-0.2, 0) is 66.5 Å². The van der Waals surface area contributed by atoms with Crippen LogP contribution in [0.25, 0.3) is 0 Å². The Labute approximate surface area is 399 Å². The van der Waals surface area contributed by atoms with Crippen molar-refractivity contribution in [2.45, 2.75) is 188 Å². The summed E-state index contributed by atoms with van der Waals surface area (Å²) in [5.41, 5.74) is 0. The molecule has 15 N–H and O–H groups in total. The molecule has 6 heterocycles. The minimum atomic E-state index is -1.97. The molecule has 0 aromatic rings. The zero-order valence-corrected chi connectivity index (χ0v) is 38.6. The summed E-state index contributed by atoms with van der Waals surface area (Å²) < 4.78 is 59.1. The standard InChI is InChI=1S/C40H65N5O25/c1-11(51)41-21-27(56)26(55)16(6-46)62-37(21)67-32-18(8-48)64-38(22(28(32)57)42-12(2)52)68-33-19(9-49)65-39(23(29(33)58)43-13(3)53)69-34-20(10-50)66-40(24(30(34)59)44-14(4)54)70-35-17(7-47)63-36-25(31(35)60)45-15(5)61-36/h16-40,46-50,55-60H,6-10H2,1-5H3,(H,41,51)(H,42,52)(H,43,53)(H,44,54)/t16?,17?,18?,19?,20?,21?,22?,23?,24?,25?,26-,27+,28+,29+,30+,31+,32-,33-,34-,35-,36+,37-,38-,39-,40-/m0/s1. The highest BCUT2D eigenvalue weighted by molar-refractivity contribution is 5.75. The molecule has 4 amide bonds. The van der Waals surface area contributed by atoms with Gasteiger partial charge in [0.25, 0.3) is 0 Å². The van der Waals surface area contributed by atoms with E-state index in [1.165, 1.54) is 6.92 Å². The number of rotatable bonds is 17. The summed E-state index contributed by atoms with van der Waals surface area (Å²) in [6, 6.07) is -7.39. The molecule has 5 saturated heterocycles. The summed E-state index contributed by atoms with van der Waals surface area (Å²) in [6.07, 6.45) is -32.9. The smallest absolute Gasteiger partial charge is 0.227 e. The summed E-state index contributed by atoms with van der Waals surface area (Å²) in [5.74, 6) is -2.77. The van der Waals surface area contributed by atoms with Crippen molar-refractivity contribution >= 4 is 29.5 Å². The Morgan fingerprint density at radius 1 is 0.443 bits per heavy atom. The van der Waals surface area contributed by atoms with Crippen LogP contribution in [-0.4, -0.2) is 272 Å². The van der Waals surface area contributed by atoms with E-state index in [1.54, 1.807) is 0 Å². The fourth-order valence-corrected chi connectivity index (χ4v) is 9.29. The van der Waals surface area contributed by atoms with Gasteiger partial charge in [0.05, 0.1) is 33.0 Å². The molecule has 30 heteroatoms. The number of ether oxygens (including phenoxy) is 10. The van der Waals surface area contributed by atoms with Gasteiger partial charge in [0.1, 0.15) is 122 Å². The predicted octanol–water partition coefficient (Wildman–Crippen LogP) is -9.89. The van der Waals surface area contributed by atoms with E-state index in [0.717, 1.165) is 27.7 Å². The zero-order valence-electron chi connectivity index (χ0n) is 38.6. The van der Waals surface area contributed by atoms with E-state index in [9.17, 15) is 75.3 Å². The Bertz CT molecular complexity index is 1820. The first-order valence-corrected chi connectivity index (χ1v) is 22.5. The van der Waals surface area contributed by atoms with Crippen molar-refractivity contribution < 1.29 is 123 Å². The average Bonchev–Trinajstić information content (AvgIpc) is 3.69. The number of hydrogen-bond donors (Lipinski definition) is 15. The Balaban J connectivity index is 1.22. The molecule has 70 heavy (non-hydrogen) atoms. The van der Waals surface area contributed by atoms with Gasteiger partial charge in [0.2, 0.25) is 29.9 Å². The Kier molecular flexibility index (Phi) is 19.2. The van der Waals surface area contributed by atoms with Gasteiger partial charge < -0.3 is 125 Å². The quantitative estimate of drug-likeness (QED) is 0.0643. The third-order valence-corrected chi connectivity index (χ3v) is 12.5.